The van der Waals surface area contributed by atoms with Gasteiger partial charge in [0, 0.05) is 12.0 Å². The second-order valence-corrected chi connectivity index (χ2v) is 13.1. The molecule has 7 heteroatoms. The van der Waals surface area contributed by atoms with Crippen LogP contribution < -0.4 is 0 Å². The first-order valence-electron chi connectivity index (χ1n) is 17.6. The van der Waals surface area contributed by atoms with E-state index in [9.17, 15) is 25.2 Å². The largest absolute Gasteiger partial charge is 0.455 e. The second kappa shape index (κ2) is 22.5. The maximum absolute atomic E-state index is 11.6. The number of hydrogen-bond donors (Lipinski definition) is 4. The summed E-state index contributed by atoms with van der Waals surface area (Å²) in [5.41, 5.74) is 0.576. The van der Waals surface area contributed by atoms with Gasteiger partial charge in [-0.3, -0.25) is 0 Å². The number of carbonyl (C=O) groups excluding carboxylic acids is 1. The van der Waals surface area contributed by atoms with Crippen LogP contribution in [-0.4, -0.2) is 69.1 Å². The highest BCUT2D eigenvalue weighted by atomic mass is 16.5. The molecule has 0 unspecified atom stereocenters. The van der Waals surface area contributed by atoms with Gasteiger partial charge in [0.15, 0.2) is 0 Å². The molecule has 2 aliphatic rings. The number of aliphatic hydroxyl groups is 4. The zero-order chi connectivity index (χ0) is 30.6. The van der Waals surface area contributed by atoms with E-state index in [1.165, 1.54) is 57.8 Å². The van der Waals surface area contributed by atoms with Gasteiger partial charge in [-0.2, -0.15) is 0 Å². The molecule has 0 amide bonds. The lowest BCUT2D eigenvalue weighted by Crippen LogP contribution is -2.31. The molecule has 0 aromatic carbocycles. The lowest BCUT2D eigenvalue weighted by Gasteiger charge is -2.22. The average molecular weight is 597 g/mol. The van der Waals surface area contributed by atoms with Crippen LogP contribution in [0.2, 0.25) is 0 Å². The van der Waals surface area contributed by atoms with E-state index in [0.29, 0.717) is 24.8 Å². The molecule has 7 atom stereocenters. The van der Waals surface area contributed by atoms with Crippen LogP contribution in [-0.2, 0) is 14.3 Å². The Balaban J connectivity index is 1.41. The van der Waals surface area contributed by atoms with Gasteiger partial charge in [0.25, 0.3) is 0 Å². The molecular formula is C35H64O7. The van der Waals surface area contributed by atoms with Gasteiger partial charge in [-0.05, 0) is 57.9 Å². The van der Waals surface area contributed by atoms with Gasteiger partial charge >= 0.3 is 5.97 Å². The van der Waals surface area contributed by atoms with Crippen molar-refractivity contribution in [2.75, 3.05) is 0 Å². The van der Waals surface area contributed by atoms with Gasteiger partial charge in [-0.15, -0.1) is 0 Å². The van der Waals surface area contributed by atoms with Crippen LogP contribution in [0.4, 0.5) is 0 Å². The first-order valence-corrected chi connectivity index (χ1v) is 17.6. The van der Waals surface area contributed by atoms with Crippen LogP contribution in [0.3, 0.4) is 0 Å². The first-order chi connectivity index (χ1) is 20.3. The molecular weight excluding hydrogens is 532 g/mol. The van der Waals surface area contributed by atoms with Gasteiger partial charge in [-0.25, -0.2) is 4.79 Å². The molecule has 0 aromatic heterocycles. The minimum atomic E-state index is -0.530. The summed E-state index contributed by atoms with van der Waals surface area (Å²) in [6, 6.07) is 0. The van der Waals surface area contributed by atoms with Crippen molar-refractivity contribution in [1.82, 2.24) is 0 Å². The van der Waals surface area contributed by atoms with E-state index in [4.69, 9.17) is 9.47 Å². The fourth-order valence-electron chi connectivity index (χ4n) is 6.42. The molecule has 2 aliphatic heterocycles. The molecule has 1 fully saturated rings. The third kappa shape index (κ3) is 16.2. The van der Waals surface area contributed by atoms with E-state index in [1.54, 1.807) is 6.08 Å². The van der Waals surface area contributed by atoms with Crippen molar-refractivity contribution < 1.29 is 34.7 Å². The Morgan fingerprint density at radius 2 is 1.10 bits per heavy atom. The summed E-state index contributed by atoms with van der Waals surface area (Å²) < 4.78 is 11.1. The molecule has 0 aromatic rings. The van der Waals surface area contributed by atoms with Crippen LogP contribution in [0.15, 0.2) is 11.6 Å². The molecule has 42 heavy (non-hydrogen) atoms. The summed E-state index contributed by atoms with van der Waals surface area (Å²) in [5, 5.41) is 41.7. The summed E-state index contributed by atoms with van der Waals surface area (Å²) in [6.07, 6.45) is 22.4. The lowest BCUT2D eigenvalue weighted by molar-refractivity contribution is -0.139. The van der Waals surface area contributed by atoms with Crippen LogP contribution in [0.25, 0.3) is 0 Å². The fraction of sp³-hybridized carbons (Fsp3) is 0.914. The van der Waals surface area contributed by atoms with Crippen molar-refractivity contribution in [3.05, 3.63) is 11.6 Å². The van der Waals surface area contributed by atoms with E-state index < -0.39 is 18.3 Å². The molecule has 0 bridgehead atoms. The third-order valence-corrected chi connectivity index (χ3v) is 9.11. The number of carbonyl (C=O) groups is 1. The number of esters is 1. The molecule has 4 N–H and O–H groups in total. The second-order valence-electron chi connectivity index (χ2n) is 13.1. The maximum Gasteiger partial charge on any atom is 0.334 e. The van der Waals surface area contributed by atoms with Gasteiger partial charge in [0.05, 0.1) is 36.6 Å². The molecule has 246 valence electrons. The van der Waals surface area contributed by atoms with Crippen LogP contribution in [0.1, 0.15) is 162 Å². The van der Waals surface area contributed by atoms with Crippen molar-refractivity contribution in [3.63, 3.8) is 0 Å². The molecule has 0 saturated carbocycles. The Morgan fingerprint density at radius 3 is 1.62 bits per heavy atom. The van der Waals surface area contributed by atoms with Gasteiger partial charge in [-0.1, -0.05) is 103 Å². The lowest BCUT2D eigenvalue weighted by atomic mass is 9.99. The molecule has 2 heterocycles. The van der Waals surface area contributed by atoms with Crippen molar-refractivity contribution in [2.45, 2.75) is 204 Å². The quantitative estimate of drug-likeness (QED) is 0.0624. The smallest absolute Gasteiger partial charge is 0.334 e. The Bertz CT molecular complexity index is 726. The third-order valence-electron chi connectivity index (χ3n) is 9.11. The van der Waals surface area contributed by atoms with Crippen LogP contribution in [0.5, 0.6) is 0 Å². The monoisotopic (exact) mass is 596 g/mol. The van der Waals surface area contributed by atoms with E-state index in [0.717, 1.165) is 70.6 Å². The predicted octanol–water partition coefficient (Wildman–Crippen LogP) is 7.06. The topological polar surface area (TPSA) is 116 Å². The zero-order valence-corrected chi connectivity index (χ0v) is 26.9. The van der Waals surface area contributed by atoms with E-state index in [1.807, 2.05) is 6.92 Å². The average Bonchev–Trinajstić information content (AvgIpc) is 3.58. The molecule has 2 rings (SSSR count). The molecule has 0 spiro atoms. The van der Waals surface area contributed by atoms with Crippen LogP contribution in [0, 0.1) is 0 Å². The Hall–Kier alpha value is -0.990. The minimum absolute atomic E-state index is 0.147. The van der Waals surface area contributed by atoms with Crippen molar-refractivity contribution in [2.24, 2.45) is 0 Å². The van der Waals surface area contributed by atoms with Crippen molar-refractivity contribution in [1.29, 1.82) is 0 Å². The highest BCUT2D eigenvalue weighted by Gasteiger charge is 2.34. The highest BCUT2D eigenvalue weighted by Crippen LogP contribution is 2.28. The summed E-state index contributed by atoms with van der Waals surface area (Å²) in [6.45, 7) is 4.07. The van der Waals surface area contributed by atoms with Gasteiger partial charge in [0.2, 0.25) is 0 Å². The SMILES string of the molecule is CCCCCCCCCCCC[C@H](O)[C@H]1CC[C@H]([C@H](O)CCCC[C@H](O)CCCCC[C@@H](O)CC2=C[C@H](C)OC2=O)O1. The standard InChI is InChI=1S/C35H64O7/c1-3-4-5-6-7-8-9-10-11-15-21-31(38)33-23-24-34(42-33)32(39)22-17-16-19-29(36)18-13-12-14-20-30(37)26-28-25-27(2)41-35(28)40/h25,27,29-34,36-39H,3-24,26H2,1-2H3/t27-,29+,30+,31-,32+,33+,34+/m0/s1. The number of cyclic esters (lactones) is 1. The summed E-state index contributed by atoms with van der Waals surface area (Å²) in [5.74, 6) is -0.314. The summed E-state index contributed by atoms with van der Waals surface area (Å²) >= 11 is 0. The Labute approximate surface area is 256 Å². The van der Waals surface area contributed by atoms with Crippen molar-refractivity contribution >= 4 is 5.97 Å². The summed E-state index contributed by atoms with van der Waals surface area (Å²) in [4.78, 5) is 11.6. The molecule has 1 saturated heterocycles. The highest BCUT2D eigenvalue weighted by molar-refractivity contribution is 5.90. The van der Waals surface area contributed by atoms with E-state index in [2.05, 4.69) is 6.92 Å². The number of aliphatic hydroxyl groups excluding tert-OH is 4. The number of unbranched alkanes of at least 4 members (excludes halogenated alkanes) is 12. The minimum Gasteiger partial charge on any atom is -0.455 e. The maximum atomic E-state index is 11.6. The van der Waals surface area contributed by atoms with Gasteiger partial charge in [0.1, 0.15) is 6.10 Å². The molecule has 7 nitrogen and oxygen atoms in total. The number of hydrogen-bond acceptors (Lipinski definition) is 7. The predicted molar refractivity (Wildman–Crippen MR) is 168 cm³/mol. The van der Waals surface area contributed by atoms with Crippen LogP contribution >= 0.6 is 0 Å². The fourth-order valence-corrected chi connectivity index (χ4v) is 6.42. The Morgan fingerprint density at radius 1 is 0.667 bits per heavy atom. The zero-order valence-electron chi connectivity index (χ0n) is 26.9. The number of rotatable bonds is 26. The molecule has 0 radical (unpaired) electrons. The van der Waals surface area contributed by atoms with Crippen molar-refractivity contribution in [3.8, 4) is 0 Å². The van der Waals surface area contributed by atoms with Gasteiger partial charge < -0.3 is 29.9 Å². The van der Waals surface area contributed by atoms with E-state index >= 15 is 0 Å². The first kappa shape index (κ1) is 37.2. The summed E-state index contributed by atoms with van der Waals surface area (Å²) in [7, 11) is 0. The Kier molecular flexibility index (Phi) is 19.9. The van der Waals surface area contributed by atoms with E-state index in [-0.39, 0.29) is 30.4 Å². The molecule has 0 aliphatic carbocycles. The normalized spacial score (nSPS) is 23.5. The number of ether oxygens (including phenoxy) is 2.